The second kappa shape index (κ2) is 4.84. The van der Waals surface area contributed by atoms with Gasteiger partial charge in [-0.2, -0.15) is 0 Å². The fraction of sp³-hybridized carbons (Fsp3) is 0.909. The minimum absolute atomic E-state index is 0.0740. The van der Waals surface area contributed by atoms with Gasteiger partial charge in [0.25, 0.3) is 0 Å². The van der Waals surface area contributed by atoms with Gasteiger partial charge in [-0.1, -0.05) is 6.92 Å². The van der Waals surface area contributed by atoms with E-state index >= 15 is 0 Å². The molecular formula is C11H22N2O2. The van der Waals surface area contributed by atoms with E-state index in [0.29, 0.717) is 26.3 Å². The van der Waals surface area contributed by atoms with Crippen molar-refractivity contribution in [2.24, 2.45) is 0 Å². The molecule has 2 amide bonds. The average Bonchev–Trinajstić information content (AvgIpc) is 2.28. The van der Waals surface area contributed by atoms with Crippen LogP contribution in [0.1, 0.15) is 27.2 Å². The highest BCUT2D eigenvalue weighted by Crippen LogP contribution is 2.18. The van der Waals surface area contributed by atoms with Gasteiger partial charge in [0.1, 0.15) is 0 Å². The molecule has 0 N–H and O–H groups in total. The molecule has 0 atom stereocenters. The van der Waals surface area contributed by atoms with Crippen LogP contribution in [0.3, 0.4) is 0 Å². The van der Waals surface area contributed by atoms with Crippen LogP contribution in [0.5, 0.6) is 0 Å². The van der Waals surface area contributed by atoms with Crippen molar-refractivity contribution in [3.63, 3.8) is 0 Å². The highest BCUT2D eigenvalue weighted by molar-refractivity contribution is 5.75. The van der Waals surface area contributed by atoms with Crippen molar-refractivity contribution in [1.82, 2.24) is 9.80 Å². The summed E-state index contributed by atoms with van der Waals surface area (Å²) in [5.41, 5.74) is -0.0740. The number of carbonyl (C=O) groups is 1. The van der Waals surface area contributed by atoms with Crippen LogP contribution in [-0.4, -0.2) is 54.7 Å². The van der Waals surface area contributed by atoms with Crippen LogP contribution in [0.2, 0.25) is 0 Å². The molecule has 0 aromatic rings. The fourth-order valence-corrected chi connectivity index (χ4v) is 1.46. The van der Waals surface area contributed by atoms with E-state index in [2.05, 4.69) is 20.8 Å². The second-order valence-corrected chi connectivity index (χ2v) is 4.61. The first-order valence-corrected chi connectivity index (χ1v) is 5.59. The molecule has 1 rings (SSSR count). The number of morpholine rings is 1. The van der Waals surface area contributed by atoms with Crippen molar-refractivity contribution in [2.45, 2.75) is 32.7 Å². The van der Waals surface area contributed by atoms with Crippen LogP contribution in [-0.2, 0) is 4.74 Å². The van der Waals surface area contributed by atoms with Crippen LogP contribution in [0.15, 0.2) is 0 Å². The number of urea groups is 1. The number of ether oxygens (including phenoxy) is 1. The largest absolute Gasteiger partial charge is 0.378 e. The van der Waals surface area contributed by atoms with Crippen LogP contribution >= 0.6 is 0 Å². The second-order valence-electron chi connectivity index (χ2n) is 4.61. The topological polar surface area (TPSA) is 32.8 Å². The van der Waals surface area contributed by atoms with Gasteiger partial charge in [-0.3, -0.25) is 0 Å². The molecule has 0 aliphatic carbocycles. The van der Waals surface area contributed by atoms with Crippen molar-refractivity contribution in [3.05, 3.63) is 0 Å². The first kappa shape index (κ1) is 12.3. The third-order valence-electron chi connectivity index (χ3n) is 3.34. The zero-order chi connectivity index (χ0) is 11.5. The Morgan fingerprint density at radius 3 is 2.40 bits per heavy atom. The molecule has 1 heterocycles. The third kappa shape index (κ3) is 2.84. The lowest BCUT2D eigenvalue weighted by atomic mass is 10.0. The van der Waals surface area contributed by atoms with E-state index in [1.165, 1.54) is 0 Å². The number of amides is 2. The van der Waals surface area contributed by atoms with Crippen molar-refractivity contribution in [2.75, 3.05) is 33.4 Å². The Bertz CT molecular complexity index is 223. The van der Waals surface area contributed by atoms with Gasteiger partial charge in [-0.05, 0) is 20.3 Å². The molecule has 0 saturated carbocycles. The van der Waals surface area contributed by atoms with Crippen LogP contribution in [0.4, 0.5) is 4.79 Å². The molecule has 15 heavy (non-hydrogen) atoms. The van der Waals surface area contributed by atoms with Gasteiger partial charge in [0.2, 0.25) is 0 Å². The number of hydrogen-bond acceptors (Lipinski definition) is 2. The van der Waals surface area contributed by atoms with Gasteiger partial charge in [0.05, 0.1) is 13.2 Å². The molecule has 0 unspecified atom stereocenters. The summed E-state index contributed by atoms with van der Waals surface area (Å²) in [5, 5.41) is 0. The molecule has 1 fully saturated rings. The summed E-state index contributed by atoms with van der Waals surface area (Å²) in [6, 6.07) is 0.116. The van der Waals surface area contributed by atoms with Crippen LogP contribution < -0.4 is 0 Å². The molecule has 1 saturated heterocycles. The minimum Gasteiger partial charge on any atom is -0.378 e. The van der Waals surface area contributed by atoms with E-state index in [9.17, 15) is 4.79 Å². The number of carbonyl (C=O) groups excluding carboxylic acids is 1. The summed E-state index contributed by atoms with van der Waals surface area (Å²) in [6.07, 6.45) is 0.958. The lowest BCUT2D eigenvalue weighted by Gasteiger charge is -2.39. The first-order chi connectivity index (χ1) is 6.99. The summed E-state index contributed by atoms with van der Waals surface area (Å²) >= 11 is 0. The summed E-state index contributed by atoms with van der Waals surface area (Å²) < 4.78 is 5.23. The Hall–Kier alpha value is -0.770. The Kier molecular flexibility index (Phi) is 3.97. The van der Waals surface area contributed by atoms with E-state index in [4.69, 9.17) is 4.74 Å². The van der Waals surface area contributed by atoms with Gasteiger partial charge in [-0.25, -0.2) is 4.79 Å². The molecule has 0 spiro atoms. The summed E-state index contributed by atoms with van der Waals surface area (Å²) in [4.78, 5) is 15.8. The summed E-state index contributed by atoms with van der Waals surface area (Å²) in [7, 11) is 1.88. The molecule has 1 aliphatic heterocycles. The normalized spacial score (nSPS) is 17.7. The van der Waals surface area contributed by atoms with Crippen molar-refractivity contribution < 1.29 is 9.53 Å². The third-order valence-corrected chi connectivity index (χ3v) is 3.34. The molecule has 1 aliphatic rings. The quantitative estimate of drug-likeness (QED) is 0.699. The lowest BCUT2D eigenvalue weighted by Crippen LogP contribution is -2.53. The molecule has 0 bridgehead atoms. The fourth-order valence-electron chi connectivity index (χ4n) is 1.46. The van der Waals surface area contributed by atoms with Gasteiger partial charge in [0.15, 0.2) is 0 Å². The Morgan fingerprint density at radius 1 is 1.40 bits per heavy atom. The molecule has 88 valence electrons. The smallest absolute Gasteiger partial charge is 0.320 e. The van der Waals surface area contributed by atoms with E-state index in [-0.39, 0.29) is 11.6 Å². The predicted molar refractivity (Wildman–Crippen MR) is 59.9 cm³/mol. The average molecular weight is 214 g/mol. The van der Waals surface area contributed by atoms with Crippen molar-refractivity contribution >= 4 is 6.03 Å². The van der Waals surface area contributed by atoms with Crippen molar-refractivity contribution in [3.8, 4) is 0 Å². The molecule has 4 heteroatoms. The highest BCUT2D eigenvalue weighted by Gasteiger charge is 2.29. The monoisotopic (exact) mass is 214 g/mol. The predicted octanol–water partition coefficient (Wildman–Crippen LogP) is 1.56. The van der Waals surface area contributed by atoms with E-state index in [0.717, 1.165) is 6.42 Å². The maximum Gasteiger partial charge on any atom is 0.320 e. The Balaban J connectivity index is 2.58. The summed E-state index contributed by atoms with van der Waals surface area (Å²) in [5.74, 6) is 0. The maximum atomic E-state index is 12.1. The molecule has 0 aromatic heterocycles. The van der Waals surface area contributed by atoms with Gasteiger partial charge >= 0.3 is 6.03 Å². The SMILES string of the molecule is CCC(C)(C)N(C)C(=O)N1CCOCC1. The zero-order valence-corrected chi connectivity index (χ0v) is 10.2. The van der Waals surface area contributed by atoms with Gasteiger partial charge in [0, 0.05) is 25.7 Å². The Labute approximate surface area is 92.2 Å². The number of nitrogens with zero attached hydrogens (tertiary/aromatic N) is 2. The number of rotatable bonds is 2. The van der Waals surface area contributed by atoms with E-state index in [1.54, 1.807) is 0 Å². The van der Waals surface area contributed by atoms with Gasteiger partial charge < -0.3 is 14.5 Å². The standard InChI is InChI=1S/C11H22N2O2/c1-5-11(2,3)12(4)10(14)13-6-8-15-9-7-13/h5-9H2,1-4H3. The molecule has 0 aromatic carbocycles. The van der Waals surface area contributed by atoms with E-state index in [1.807, 2.05) is 16.8 Å². The van der Waals surface area contributed by atoms with Crippen LogP contribution in [0.25, 0.3) is 0 Å². The first-order valence-electron chi connectivity index (χ1n) is 5.59. The number of hydrogen-bond donors (Lipinski definition) is 0. The molecular weight excluding hydrogens is 192 g/mol. The maximum absolute atomic E-state index is 12.1. The van der Waals surface area contributed by atoms with E-state index < -0.39 is 0 Å². The van der Waals surface area contributed by atoms with Crippen molar-refractivity contribution in [1.29, 1.82) is 0 Å². The molecule has 0 radical (unpaired) electrons. The summed E-state index contributed by atoms with van der Waals surface area (Å²) in [6.45, 7) is 9.02. The lowest BCUT2D eigenvalue weighted by molar-refractivity contribution is 0.0359. The molecule has 4 nitrogen and oxygen atoms in total. The zero-order valence-electron chi connectivity index (χ0n) is 10.2. The highest BCUT2D eigenvalue weighted by atomic mass is 16.5. The minimum atomic E-state index is -0.0740. The van der Waals surface area contributed by atoms with Gasteiger partial charge in [-0.15, -0.1) is 0 Å². The Morgan fingerprint density at radius 2 is 1.93 bits per heavy atom. The van der Waals surface area contributed by atoms with Crippen LogP contribution in [0, 0.1) is 0 Å².